The lowest BCUT2D eigenvalue weighted by Gasteiger charge is -2.48. The number of halogens is 2. The van der Waals surface area contributed by atoms with Crippen LogP contribution < -0.4 is 5.32 Å². The molecule has 18 heavy (non-hydrogen) atoms. The molecule has 2 aliphatic heterocycles. The van der Waals surface area contributed by atoms with Gasteiger partial charge in [-0.05, 0) is 18.2 Å². The second-order valence-electron chi connectivity index (χ2n) is 4.84. The number of rotatable bonds is 2. The molecule has 0 aliphatic carbocycles. The van der Waals surface area contributed by atoms with Crippen molar-refractivity contribution >= 4 is 15.9 Å². The Morgan fingerprint density at radius 3 is 2.83 bits per heavy atom. The maximum Gasteiger partial charge on any atom is 0.127 e. The Morgan fingerprint density at radius 2 is 2.22 bits per heavy atom. The zero-order valence-corrected chi connectivity index (χ0v) is 11.5. The van der Waals surface area contributed by atoms with Crippen LogP contribution in [0.3, 0.4) is 0 Å². The minimum atomic E-state index is -0.346. The topological polar surface area (TPSA) is 30.5 Å². The summed E-state index contributed by atoms with van der Waals surface area (Å²) in [5.74, 6) is -0.185. The normalized spacial score (nSPS) is 26.7. The van der Waals surface area contributed by atoms with Crippen molar-refractivity contribution < 1.29 is 13.9 Å². The van der Waals surface area contributed by atoms with Gasteiger partial charge < -0.3 is 14.8 Å². The summed E-state index contributed by atoms with van der Waals surface area (Å²) < 4.78 is 26.1. The Morgan fingerprint density at radius 1 is 1.39 bits per heavy atom. The maximum atomic E-state index is 14.1. The van der Waals surface area contributed by atoms with Crippen LogP contribution in [0.1, 0.15) is 5.56 Å². The van der Waals surface area contributed by atoms with Gasteiger partial charge in [0.2, 0.25) is 0 Å². The van der Waals surface area contributed by atoms with E-state index in [9.17, 15) is 4.39 Å². The van der Waals surface area contributed by atoms with Gasteiger partial charge in [0, 0.05) is 23.1 Å². The molecule has 2 aliphatic rings. The summed E-state index contributed by atoms with van der Waals surface area (Å²) in [6.45, 7) is 3.31. The number of ether oxygens (including phenoxy) is 2. The van der Waals surface area contributed by atoms with Gasteiger partial charge in [-0.1, -0.05) is 15.9 Å². The van der Waals surface area contributed by atoms with Gasteiger partial charge in [-0.3, -0.25) is 0 Å². The first-order valence-electron chi connectivity index (χ1n) is 6.08. The molecule has 5 heteroatoms. The average Bonchev–Trinajstić information content (AvgIpc) is 2.34. The van der Waals surface area contributed by atoms with Crippen molar-refractivity contribution in [3.05, 3.63) is 34.1 Å². The van der Waals surface area contributed by atoms with Crippen LogP contribution >= 0.6 is 15.9 Å². The van der Waals surface area contributed by atoms with Crippen molar-refractivity contribution in [1.82, 2.24) is 5.32 Å². The number of benzene rings is 1. The average molecular weight is 316 g/mol. The Labute approximate surface area is 114 Å². The summed E-state index contributed by atoms with van der Waals surface area (Å²) in [4.78, 5) is 0. The van der Waals surface area contributed by atoms with Crippen molar-refractivity contribution in [1.29, 1.82) is 0 Å². The van der Waals surface area contributed by atoms with Crippen LogP contribution in [0.2, 0.25) is 0 Å². The highest BCUT2D eigenvalue weighted by atomic mass is 79.9. The lowest BCUT2D eigenvalue weighted by atomic mass is 9.73. The van der Waals surface area contributed by atoms with Crippen LogP contribution in [0.5, 0.6) is 0 Å². The van der Waals surface area contributed by atoms with Crippen LogP contribution in [0.4, 0.5) is 4.39 Å². The van der Waals surface area contributed by atoms with E-state index in [1.165, 1.54) is 6.07 Å². The van der Waals surface area contributed by atoms with E-state index in [1.807, 2.05) is 6.07 Å². The molecule has 1 aromatic rings. The fraction of sp³-hybridized carbons (Fsp3) is 0.538. The molecule has 1 aromatic carbocycles. The SMILES string of the molecule is Fc1ccc(Br)cc1C1(C2CNCCO2)COC1. The maximum absolute atomic E-state index is 14.1. The minimum Gasteiger partial charge on any atom is -0.379 e. The van der Waals surface area contributed by atoms with Gasteiger partial charge in [0.25, 0.3) is 0 Å². The second kappa shape index (κ2) is 4.89. The molecule has 0 radical (unpaired) electrons. The zero-order chi connectivity index (χ0) is 12.6. The Hall–Kier alpha value is -0.490. The first kappa shape index (κ1) is 12.5. The van der Waals surface area contributed by atoms with E-state index in [4.69, 9.17) is 9.47 Å². The van der Waals surface area contributed by atoms with Gasteiger partial charge in [-0.2, -0.15) is 0 Å². The van der Waals surface area contributed by atoms with E-state index in [2.05, 4.69) is 21.2 Å². The largest absolute Gasteiger partial charge is 0.379 e. The monoisotopic (exact) mass is 315 g/mol. The van der Waals surface area contributed by atoms with Crippen LogP contribution in [0.15, 0.2) is 22.7 Å². The molecule has 0 amide bonds. The molecule has 2 fully saturated rings. The lowest BCUT2D eigenvalue weighted by Crippen LogP contribution is -2.61. The molecular weight excluding hydrogens is 301 g/mol. The molecule has 1 unspecified atom stereocenters. The third-order valence-corrected chi connectivity index (χ3v) is 4.22. The molecule has 0 aromatic heterocycles. The second-order valence-corrected chi connectivity index (χ2v) is 5.75. The highest BCUT2D eigenvalue weighted by Gasteiger charge is 2.50. The third kappa shape index (κ3) is 1.99. The smallest absolute Gasteiger partial charge is 0.127 e. The van der Waals surface area contributed by atoms with Crippen molar-refractivity contribution in [3.63, 3.8) is 0 Å². The van der Waals surface area contributed by atoms with E-state index in [-0.39, 0.29) is 17.3 Å². The predicted octanol–water partition coefficient (Wildman–Crippen LogP) is 1.84. The van der Waals surface area contributed by atoms with E-state index in [0.29, 0.717) is 25.4 Å². The summed E-state index contributed by atoms with van der Waals surface area (Å²) >= 11 is 3.40. The van der Waals surface area contributed by atoms with E-state index >= 15 is 0 Å². The van der Waals surface area contributed by atoms with E-state index < -0.39 is 0 Å². The molecule has 3 rings (SSSR count). The van der Waals surface area contributed by atoms with E-state index in [1.54, 1.807) is 6.07 Å². The van der Waals surface area contributed by atoms with Crippen molar-refractivity contribution in [2.45, 2.75) is 11.5 Å². The van der Waals surface area contributed by atoms with Gasteiger partial charge in [-0.25, -0.2) is 4.39 Å². The lowest BCUT2D eigenvalue weighted by molar-refractivity contribution is -0.147. The number of hydrogen-bond acceptors (Lipinski definition) is 3. The Kier molecular flexibility index (Phi) is 3.40. The molecule has 2 saturated heterocycles. The first-order valence-corrected chi connectivity index (χ1v) is 6.87. The van der Waals surface area contributed by atoms with Gasteiger partial charge in [0.1, 0.15) is 5.82 Å². The fourth-order valence-electron chi connectivity index (χ4n) is 2.64. The van der Waals surface area contributed by atoms with Gasteiger partial charge >= 0.3 is 0 Å². The molecule has 1 atom stereocenters. The fourth-order valence-corrected chi connectivity index (χ4v) is 3.00. The number of morpholine rings is 1. The molecule has 2 heterocycles. The standard InChI is InChI=1S/C13H15BrFNO2/c14-9-1-2-11(15)10(5-9)13(7-17-8-13)12-6-16-3-4-18-12/h1-2,5,12,16H,3-4,6-8H2. The Balaban J connectivity index is 1.97. The number of hydrogen-bond donors (Lipinski definition) is 1. The molecule has 0 saturated carbocycles. The molecule has 1 N–H and O–H groups in total. The van der Waals surface area contributed by atoms with Gasteiger partial charge in [0.05, 0.1) is 31.3 Å². The predicted molar refractivity (Wildman–Crippen MR) is 69.2 cm³/mol. The van der Waals surface area contributed by atoms with Crippen molar-refractivity contribution in [3.8, 4) is 0 Å². The summed E-state index contributed by atoms with van der Waals surface area (Å²) in [7, 11) is 0. The van der Waals surface area contributed by atoms with Crippen LogP contribution in [-0.4, -0.2) is 39.0 Å². The molecule has 3 nitrogen and oxygen atoms in total. The summed E-state index contributed by atoms with van der Waals surface area (Å²) in [5, 5.41) is 3.30. The van der Waals surface area contributed by atoms with Gasteiger partial charge in [0.15, 0.2) is 0 Å². The molecule has 0 bridgehead atoms. The molecule has 0 spiro atoms. The van der Waals surface area contributed by atoms with Crippen molar-refractivity contribution in [2.24, 2.45) is 0 Å². The van der Waals surface area contributed by atoms with Gasteiger partial charge in [-0.15, -0.1) is 0 Å². The first-order chi connectivity index (χ1) is 8.72. The zero-order valence-electron chi connectivity index (χ0n) is 9.92. The molecular formula is C13H15BrFNO2. The Bertz CT molecular complexity index is 445. The van der Waals surface area contributed by atoms with Crippen LogP contribution in [0.25, 0.3) is 0 Å². The number of nitrogens with one attached hydrogen (secondary N) is 1. The quantitative estimate of drug-likeness (QED) is 0.903. The third-order valence-electron chi connectivity index (χ3n) is 3.73. The highest BCUT2D eigenvalue weighted by Crippen LogP contribution is 2.40. The minimum absolute atomic E-state index is 0.0243. The van der Waals surface area contributed by atoms with Crippen LogP contribution in [0, 0.1) is 5.82 Å². The van der Waals surface area contributed by atoms with Crippen molar-refractivity contribution in [2.75, 3.05) is 32.9 Å². The van der Waals surface area contributed by atoms with Crippen LogP contribution in [-0.2, 0) is 14.9 Å². The molecule has 98 valence electrons. The van der Waals surface area contributed by atoms with E-state index in [0.717, 1.165) is 17.6 Å². The highest BCUT2D eigenvalue weighted by molar-refractivity contribution is 9.10. The summed E-state index contributed by atoms with van der Waals surface area (Å²) in [6, 6.07) is 5.05. The summed E-state index contributed by atoms with van der Waals surface area (Å²) in [5.41, 5.74) is 0.346. The summed E-state index contributed by atoms with van der Waals surface area (Å²) in [6.07, 6.45) is -0.0243.